The molecule has 2 N–H and O–H groups in total. The lowest BCUT2D eigenvalue weighted by molar-refractivity contribution is -0.384. The molecule has 2 aromatic heterocycles. The molecule has 0 aliphatic carbocycles. The minimum atomic E-state index is -3.59. The summed E-state index contributed by atoms with van der Waals surface area (Å²) in [5.74, 6) is 0.356. The predicted octanol–water partition coefficient (Wildman–Crippen LogP) is 4.34. The fourth-order valence-corrected chi connectivity index (χ4v) is 5.57. The van der Waals surface area contributed by atoms with Crippen LogP contribution in [0.3, 0.4) is 0 Å². The SMILES string of the molecule is COc1ccc(N2C(=S)N[C@@H](c3ccccn3)[C@H]2c2cccn2-c2ccc([N+](=O)[O-])cc2)cc1NS(C)(=O)=O. The molecule has 3 heterocycles. The van der Waals surface area contributed by atoms with Gasteiger partial charge in [0.25, 0.3) is 5.69 Å². The van der Waals surface area contributed by atoms with Crippen molar-refractivity contribution in [1.82, 2.24) is 14.9 Å². The number of benzene rings is 2. The van der Waals surface area contributed by atoms with Gasteiger partial charge in [0, 0.05) is 41.6 Å². The summed E-state index contributed by atoms with van der Waals surface area (Å²) in [6, 6.07) is 20.1. The van der Waals surface area contributed by atoms with Crippen molar-refractivity contribution in [3.8, 4) is 11.4 Å². The lowest BCUT2D eigenvalue weighted by atomic mass is 10.0. The summed E-state index contributed by atoms with van der Waals surface area (Å²) in [7, 11) is -2.13. The van der Waals surface area contributed by atoms with Gasteiger partial charge in [-0.1, -0.05) is 6.07 Å². The van der Waals surface area contributed by atoms with E-state index in [9.17, 15) is 18.5 Å². The van der Waals surface area contributed by atoms with E-state index in [0.29, 0.717) is 16.5 Å². The van der Waals surface area contributed by atoms with Crippen LogP contribution in [0.2, 0.25) is 0 Å². The second-order valence-electron chi connectivity index (χ2n) is 8.83. The predicted molar refractivity (Wildman–Crippen MR) is 152 cm³/mol. The highest BCUT2D eigenvalue weighted by Gasteiger charge is 2.42. The standard InChI is InChI=1S/C26H24N6O5S2/c1-37-23-13-12-19(16-21(23)29-39(2,35)36)31-25(24(28-26(31)38)20-6-3-4-14-27-20)22-7-5-15-30(22)17-8-10-18(11-9-17)32(33)34/h3-16,24-25,29H,1-2H3,(H,28,38)/t24-,25+/m0/s1. The van der Waals surface area contributed by atoms with Gasteiger partial charge in [-0.3, -0.25) is 19.8 Å². The van der Waals surface area contributed by atoms with E-state index in [4.69, 9.17) is 17.0 Å². The number of rotatable bonds is 8. The van der Waals surface area contributed by atoms with Gasteiger partial charge in [-0.2, -0.15) is 0 Å². The molecule has 0 saturated carbocycles. The number of non-ortho nitro benzene ring substituents is 1. The first kappa shape index (κ1) is 26.1. The molecule has 1 saturated heterocycles. The number of aromatic nitrogens is 2. The molecule has 5 rings (SSSR count). The van der Waals surface area contributed by atoms with Crippen LogP contribution in [0.1, 0.15) is 23.5 Å². The second-order valence-corrected chi connectivity index (χ2v) is 11.0. The van der Waals surface area contributed by atoms with Crippen LogP contribution < -0.4 is 19.7 Å². The number of anilines is 2. The fraction of sp³-hybridized carbons (Fsp3) is 0.154. The Hall–Kier alpha value is -4.49. The summed E-state index contributed by atoms with van der Waals surface area (Å²) in [4.78, 5) is 17.2. The fourth-order valence-electron chi connectivity index (χ4n) is 4.66. The van der Waals surface area contributed by atoms with Crippen molar-refractivity contribution >= 4 is 44.4 Å². The minimum absolute atomic E-state index is 0.00621. The molecule has 4 aromatic rings. The quantitative estimate of drug-likeness (QED) is 0.182. The van der Waals surface area contributed by atoms with Crippen molar-refractivity contribution in [3.63, 3.8) is 0 Å². The van der Waals surface area contributed by atoms with Crippen LogP contribution >= 0.6 is 12.2 Å². The van der Waals surface area contributed by atoms with Gasteiger partial charge in [-0.15, -0.1) is 0 Å². The van der Waals surface area contributed by atoms with Gasteiger partial charge < -0.3 is 19.5 Å². The zero-order chi connectivity index (χ0) is 27.7. The number of sulfonamides is 1. The summed E-state index contributed by atoms with van der Waals surface area (Å²) in [6.45, 7) is 0. The Bertz CT molecular complexity index is 1640. The van der Waals surface area contributed by atoms with Crippen LogP contribution in [0.25, 0.3) is 5.69 Å². The van der Waals surface area contributed by atoms with Crippen LogP contribution in [-0.2, 0) is 10.0 Å². The Balaban J connectivity index is 1.65. The van der Waals surface area contributed by atoms with E-state index in [1.165, 1.54) is 19.2 Å². The third kappa shape index (κ3) is 5.26. The van der Waals surface area contributed by atoms with Crippen molar-refractivity contribution in [2.24, 2.45) is 0 Å². The highest BCUT2D eigenvalue weighted by molar-refractivity contribution is 7.92. The van der Waals surface area contributed by atoms with Crippen molar-refractivity contribution in [1.29, 1.82) is 0 Å². The van der Waals surface area contributed by atoms with E-state index in [-0.39, 0.29) is 17.4 Å². The molecule has 39 heavy (non-hydrogen) atoms. The summed E-state index contributed by atoms with van der Waals surface area (Å²) in [5.41, 5.74) is 3.21. The first-order chi connectivity index (χ1) is 18.7. The summed E-state index contributed by atoms with van der Waals surface area (Å²) in [5, 5.41) is 15.0. The van der Waals surface area contributed by atoms with E-state index in [2.05, 4.69) is 15.0 Å². The minimum Gasteiger partial charge on any atom is -0.495 e. The molecule has 0 radical (unpaired) electrons. The second kappa shape index (κ2) is 10.3. The maximum Gasteiger partial charge on any atom is 0.269 e. The van der Waals surface area contributed by atoms with Crippen LogP contribution in [0, 0.1) is 10.1 Å². The molecule has 200 valence electrons. The Kier molecular flexibility index (Phi) is 6.93. The molecular weight excluding hydrogens is 540 g/mol. The van der Waals surface area contributed by atoms with E-state index in [1.54, 1.807) is 36.5 Å². The number of nitrogens with zero attached hydrogens (tertiary/aromatic N) is 4. The largest absolute Gasteiger partial charge is 0.495 e. The average molecular weight is 565 g/mol. The van der Waals surface area contributed by atoms with Crippen LogP contribution in [0.15, 0.2) is 85.2 Å². The van der Waals surface area contributed by atoms with E-state index in [1.807, 2.05) is 46.0 Å². The van der Waals surface area contributed by atoms with Crippen molar-refractivity contribution in [2.45, 2.75) is 12.1 Å². The van der Waals surface area contributed by atoms with Crippen LogP contribution in [0.5, 0.6) is 5.75 Å². The maximum atomic E-state index is 12.0. The Morgan fingerprint density at radius 2 is 1.82 bits per heavy atom. The Morgan fingerprint density at radius 3 is 2.46 bits per heavy atom. The average Bonchev–Trinajstić information content (AvgIpc) is 3.52. The molecular formula is C26H24N6O5S2. The molecule has 0 unspecified atom stereocenters. The number of hydrogen-bond donors (Lipinski definition) is 2. The molecule has 0 bridgehead atoms. The topological polar surface area (TPSA) is 132 Å². The molecule has 13 heteroatoms. The third-order valence-corrected chi connectivity index (χ3v) is 7.18. The van der Waals surface area contributed by atoms with Crippen LogP contribution in [0.4, 0.5) is 17.1 Å². The Morgan fingerprint density at radius 1 is 1.08 bits per heavy atom. The van der Waals surface area contributed by atoms with E-state index < -0.39 is 21.0 Å². The molecule has 11 nitrogen and oxygen atoms in total. The number of pyridine rings is 1. The molecule has 1 aliphatic heterocycles. The molecule has 2 atom stereocenters. The highest BCUT2D eigenvalue weighted by Crippen LogP contribution is 2.44. The van der Waals surface area contributed by atoms with Gasteiger partial charge in [0.2, 0.25) is 10.0 Å². The summed E-state index contributed by atoms with van der Waals surface area (Å²) in [6.07, 6.45) is 4.64. The molecule has 1 fully saturated rings. The molecule has 2 aromatic carbocycles. The zero-order valence-corrected chi connectivity index (χ0v) is 22.5. The number of hydrogen-bond acceptors (Lipinski definition) is 7. The van der Waals surface area contributed by atoms with Crippen LogP contribution in [-0.4, -0.2) is 41.4 Å². The first-order valence-electron chi connectivity index (χ1n) is 11.7. The van der Waals surface area contributed by atoms with Gasteiger partial charge >= 0.3 is 0 Å². The number of nitrogens with one attached hydrogen (secondary N) is 2. The van der Waals surface area contributed by atoms with E-state index >= 15 is 0 Å². The van der Waals surface area contributed by atoms with Crippen molar-refractivity contribution in [2.75, 3.05) is 23.0 Å². The first-order valence-corrected chi connectivity index (χ1v) is 14.0. The number of methoxy groups -OCH3 is 1. The normalized spacial score (nSPS) is 17.1. The number of ether oxygens (including phenoxy) is 1. The van der Waals surface area contributed by atoms with Gasteiger partial charge in [0.15, 0.2) is 5.11 Å². The zero-order valence-electron chi connectivity index (χ0n) is 20.9. The van der Waals surface area contributed by atoms with Crippen molar-refractivity contribution < 1.29 is 18.1 Å². The number of thiocarbonyl (C=S) groups is 1. The number of nitro benzene ring substituents is 1. The van der Waals surface area contributed by atoms with Gasteiger partial charge in [0.05, 0.1) is 35.7 Å². The van der Waals surface area contributed by atoms with Crippen molar-refractivity contribution in [3.05, 3.63) is 107 Å². The monoisotopic (exact) mass is 564 g/mol. The smallest absolute Gasteiger partial charge is 0.269 e. The highest BCUT2D eigenvalue weighted by atomic mass is 32.2. The molecule has 0 spiro atoms. The molecule has 1 aliphatic rings. The lowest BCUT2D eigenvalue weighted by Crippen LogP contribution is -2.30. The summed E-state index contributed by atoms with van der Waals surface area (Å²) < 4.78 is 33.9. The summed E-state index contributed by atoms with van der Waals surface area (Å²) >= 11 is 5.80. The third-order valence-electron chi connectivity index (χ3n) is 6.28. The number of nitro groups is 1. The molecule has 0 amide bonds. The maximum absolute atomic E-state index is 12.0. The van der Waals surface area contributed by atoms with Gasteiger partial charge in [0.1, 0.15) is 11.8 Å². The van der Waals surface area contributed by atoms with E-state index in [0.717, 1.165) is 23.3 Å². The lowest BCUT2D eigenvalue weighted by Gasteiger charge is -2.29. The Labute approximate surface area is 230 Å². The van der Waals surface area contributed by atoms with Gasteiger partial charge in [-0.25, -0.2) is 8.42 Å². The van der Waals surface area contributed by atoms with Gasteiger partial charge in [-0.05, 0) is 66.8 Å².